The van der Waals surface area contributed by atoms with Crippen molar-refractivity contribution in [2.75, 3.05) is 23.9 Å². The van der Waals surface area contributed by atoms with Crippen LogP contribution in [0.15, 0.2) is 24.3 Å². The number of aromatic nitrogens is 2. The standard InChI is InChI=1S/C14H17FN4O2S3/c1-18(10-6-7-24(20,21)8-10)9-19-14(22)23-13(17-19)16-12-5-3-2-4-11(12)15/h2-5,10H,6-9H2,1H3,(H,16,17). The van der Waals surface area contributed by atoms with Crippen LogP contribution in [0.4, 0.5) is 15.2 Å². The zero-order valence-corrected chi connectivity index (χ0v) is 15.4. The molecule has 0 saturated carbocycles. The molecule has 2 heterocycles. The highest BCUT2D eigenvalue weighted by atomic mass is 32.2. The maximum atomic E-state index is 13.7. The van der Waals surface area contributed by atoms with Crippen LogP contribution in [0.25, 0.3) is 0 Å². The van der Waals surface area contributed by atoms with Crippen molar-refractivity contribution in [3.63, 3.8) is 0 Å². The number of hydrogen-bond donors (Lipinski definition) is 1. The van der Waals surface area contributed by atoms with Crippen LogP contribution < -0.4 is 5.32 Å². The first kappa shape index (κ1) is 17.5. The van der Waals surface area contributed by atoms with Crippen LogP contribution in [0, 0.1) is 9.77 Å². The monoisotopic (exact) mass is 388 g/mol. The quantitative estimate of drug-likeness (QED) is 0.795. The van der Waals surface area contributed by atoms with E-state index in [2.05, 4.69) is 10.4 Å². The number of anilines is 2. The lowest BCUT2D eigenvalue weighted by molar-refractivity contribution is 0.198. The Hall–Kier alpha value is -1.36. The number of nitrogens with one attached hydrogen (secondary N) is 1. The molecule has 1 atom stereocenters. The maximum Gasteiger partial charge on any atom is 0.209 e. The number of benzene rings is 1. The van der Waals surface area contributed by atoms with Crippen LogP contribution in [0.1, 0.15) is 6.42 Å². The molecule has 1 saturated heterocycles. The van der Waals surface area contributed by atoms with Gasteiger partial charge in [0, 0.05) is 6.04 Å². The van der Waals surface area contributed by atoms with Gasteiger partial charge in [-0.05, 0) is 37.8 Å². The zero-order valence-electron chi connectivity index (χ0n) is 13.0. The van der Waals surface area contributed by atoms with Crippen molar-refractivity contribution in [2.45, 2.75) is 19.1 Å². The summed E-state index contributed by atoms with van der Waals surface area (Å²) in [6.07, 6.45) is 0.622. The average molecular weight is 389 g/mol. The first-order valence-electron chi connectivity index (χ1n) is 7.34. The molecule has 6 nitrogen and oxygen atoms in total. The third-order valence-electron chi connectivity index (χ3n) is 3.91. The van der Waals surface area contributed by atoms with Crippen molar-refractivity contribution < 1.29 is 12.8 Å². The number of hydrogen-bond acceptors (Lipinski definition) is 7. The molecule has 0 amide bonds. The van der Waals surface area contributed by atoms with Crippen LogP contribution in [-0.4, -0.2) is 47.7 Å². The summed E-state index contributed by atoms with van der Waals surface area (Å²) in [7, 11) is -1.07. The normalized spacial score (nSPS) is 19.7. The van der Waals surface area contributed by atoms with Gasteiger partial charge in [0.2, 0.25) is 5.13 Å². The largest absolute Gasteiger partial charge is 0.328 e. The third-order valence-corrected chi connectivity index (χ3v) is 6.88. The fourth-order valence-corrected chi connectivity index (χ4v) is 5.38. The minimum Gasteiger partial charge on any atom is -0.328 e. The van der Waals surface area contributed by atoms with Gasteiger partial charge in [-0.25, -0.2) is 17.5 Å². The minimum atomic E-state index is -2.93. The third kappa shape index (κ3) is 4.00. The topological polar surface area (TPSA) is 67.2 Å². The van der Waals surface area contributed by atoms with Gasteiger partial charge in [0.1, 0.15) is 5.82 Å². The Labute approximate surface area is 148 Å². The lowest BCUT2D eigenvalue weighted by Crippen LogP contribution is -2.34. The van der Waals surface area contributed by atoms with Gasteiger partial charge in [-0.1, -0.05) is 23.5 Å². The van der Waals surface area contributed by atoms with Crippen molar-refractivity contribution in [2.24, 2.45) is 0 Å². The molecule has 1 N–H and O–H groups in total. The summed E-state index contributed by atoms with van der Waals surface area (Å²) in [6, 6.07) is 6.32. The highest BCUT2D eigenvalue weighted by Crippen LogP contribution is 2.23. The van der Waals surface area contributed by atoms with E-state index in [-0.39, 0.29) is 23.4 Å². The van der Waals surface area contributed by atoms with E-state index >= 15 is 0 Å². The van der Waals surface area contributed by atoms with Gasteiger partial charge in [0.15, 0.2) is 13.8 Å². The molecule has 130 valence electrons. The highest BCUT2D eigenvalue weighted by molar-refractivity contribution is 7.91. The number of rotatable bonds is 5. The van der Waals surface area contributed by atoms with Gasteiger partial charge in [0.25, 0.3) is 0 Å². The van der Waals surface area contributed by atoms with E-state index in [4.69, 9.17) is 12.2 Å². The van der Waals surface area contributed by atoms with Crippen molar-refractivity contribution in [3.05, 3.63) is 34.0 Å². The van der Waals surface area contributed by atoms with Gasteiger partial charge in [-0.2, -0.15) is 0 Å². The predicted octanol–water partition coefficient (Wildman–Crippen LogP) is 2.63. The summed E-state index contributed by atoms with van der Waals surface area (Å²) < 4.78 is 39.0. The average Bonchev–Trinajstić information content (AvgIpc) is 3.04. The summed E-state index contributed by atoms with van der Waals surface area (Å²) in [6.45, 7) is 0.397. The molecule has 1 aromatic carbocycles. The molecule has 3 rings (SSSR count). The second-order valence-electron chi connectivity index (χ2n) is 5.73. The second kappa shape index (κ2) is 6.87. The predicted molar refractivity (Wildman–Crippen MR) is 95.4 cm³/mol. The Kier molecular flexibility index (Phi) is 5.00. The lowest BCUT2D eigenvalue weighted by atomic mass is 10.2. The molecular formula is C14H17FN4O2S3. The first-order valence-corrected chi connectivity index (χ1v) is 10.4. The summed E-state index contributed by atoms with van der Waals surface area (Å²) in [5.41, 5.74) is 0.337. The van der Waals surface area contributed by atoms with Crippen LogP contribution in [0.5, 0.6) is 0 Å². The minimum absolute atomic E-state index is 0.0263. The Morgan fingerprint density at radius 2 is 2.25 bits per heavy atom. The molecule has 1 unspecified atom stereocenters. The molecule has 2 aromatic rings. The highest BCUT2D eigenvalue weighted by Gasteiger charge is 2.30. The summed E-state index contributed by atoms with van der Waals surface area (Å²) in [5.74, 6) is 0.0321. The molecule has 0 radical (unpaired) electrons. The summed E-state index contributed by atoms with van der Waals surface area (Å²) in [4.78, 5) is 1.94. The molecule has 0 spiro atoms. The van der Waals surface area contributed by atoms with E-state index in [1.54, 1.807) is 22.9 Å². The van der Waals surface area contributed by atoms with Crippen molar-refractivity contribution in [1.29, 1.82) is 0 Å². The maximum absolute atomic E-state index is 13.7. The molecular weight excluding hydrogens is 371 g/mol. The Morgan fingerprint density at radius 1 is 1.50 bits per heavy atom. The SMILES string of the molecule is CN(Cn1nc(Nc2ccccc2F)sc1=S)C1CCS(=O)(=O)C1. The van der Waals surface area contributed by atoms with Crippen molar-refractivity contribution in [3.8, 4) is 0 Å². The van der Waals surface area contributed by atoms with Crippen LogP contribution in [0.3, 0.4) is 0 Å². The van der Waals surface area contributed by atoms with Gasteiger partial charge in [-0.15, -0.1) is 5.10 Å². The van der Waals surface area contributed by atoms with Gasteiger partial charge < -0.3 is 5.32 Å². The fourth-order valence-electron chi connectivity index (χ4n) is 2.57. The number of para-hydroxylation sites is 1. The second-order valence-corrected chi connectivity index (χ2v) is 9.58. The fraction of sp³-hybridized carbons (Fsp3) is 0.429. The molecule has 24 heavy (non-hydrogen) atoms. The van der Waals surface area contributed by atoms with Gasteiger partial charge in [-0.3, -0.25) is 4.90 Å². The molecule has 1 aliphatic rings. The Bertz CT molecular complexity index is 893. The molecule has 1 aliphatic heterocycles. The summed E-state index contributed by atoms with van der Waals surface area (Å²) >= 11 is 6.55. The lowest BCUT2D eigenvalue weighted by Gasteiger charge is -2.22. The molecule has 10 heteroatoms. The van der Waals surface area contributed by atoms with E-state index in [1.165, 1.54) is 17.4 Å². The summed E-state index contributed by atoms with van der Waals surface area (Å²) in [5, 5.41) is 7.77. The van der Waals surface area contributed by atoms with E-state index in [0.29, 0.717) is 27.9 Å². The smallest absolute Gasteiger partial charge is 0.209 e. The van der Waals surface area contributed by atoms with Crippen LogP contribution in [0.2, 0.25) is 0 Å². The van der Waals surface area contributed by atoms with Crippen LogP contribution >= 0.6 is 23.6 Å². The van der Waals surface area contributed by atoms with Crippen molar-refractivity contribution >= 4 is 44.2 Å². The Balaban J connectivity index is 1.70. The van der Waals surface area contributed by atoms with Crippen molar-refractivity contribution in [1.82, 2.24) is 14.7 Å². The van der Waals surface area contributed by atoms with Crippen LogP contribution in [-0.2, 0) is 16.5 Å². The molecule has 0 bridgehead atoms. The number of halogens is 1. The molecule has 1 aromatic heterocycles. The number of sulfone groups is 1. The van der Waals surface area contributed by atoms with Gasteiger partial charge >= 0.3 is 0 Å². The molecule has 0 aliphatic carbocycles. The zero-order chi connectivity index (χ0) is 17.3. The molecule has 1 fully saturated rings. The van der Waals surface area contributed by atoms with E-state index in [0.717, 1.165) is 0 Å². The van der Waals surface area contributed by atoms with Gasteiger partial charge in [0.05, 0.1) is 23.9 Å². The van der Waals surface area contributed by atoms with E-state index in [9.17, 15) is 12.8 Å². The first-order chi connectivity index (χ1) is 11.3. The number of nitrogens with zero attached hydrogens (tertiary/aromatic N) is 3. The van der Waals surface area contributed by atoms with E-state index in [1.807, 2.05) is 11.9 Å². The van der Waals surface area contributed by atoms with E-state index < -0.39 is 9.84 Å². The Morgan fingerprint density at radius 3 is 2.92 bits per heavy atom.